The topological polar surface area (TPSA) is 163 Å². The molecule has 2 aromatic heterocycles. The Kier molecular flexibility index (Phi) is 11.9. The average molecular weight is 637 g/mol. The molecule has 0 unspecified atom stereocenters. The molecule has 0 saturated heterocycles. The van der Waals surface area contributed by atoms with E-state index in [2.05, 4.69) is 20.0 Å². The van der Waals surface area contributed by atoms with E-state index >= 15 is 4.39 Å². The molecule has 0 amide bonds. The number of H-pyrrole nitrogens is 1. The van der Waals surface area contributed by atoms with Crippen molar-refractivity contribution in [3.05, 3.63) is 81.1 Å². The van der Waals surface area contributed by atoms with E-state index in [1.807, 2.05) is 31.2 Å². The first kappa shape index (κ1) is 33.8. The quantitative estimate of drug-likeness (QED) is 0.103. The maximum Gasteiger partial charge on any atom is 0.354 e. The van der Waals surface area contributed by atoms with E-state index in [4.69, 9.17) is 33.5 Å². The number of benzene rings is 2. The number of aromatic amines is 1. The Balaban J connectivity index is 1.50. The minimum Gasteiger partial charge on any atom is -0.388 e. The summed E-state index contributed by atoms with van der Waals surface area (Å²) in [5.41, 5.74) is 20.4. The summed E-state index contributed by atoms with van der Waals surface area (Å²) in [5, 5.41) is 0.701. The second-order valence-corrected chi connectivity index (χ2v) is 11.8. The number of halogens is 2. The third-order valence-corrected chi connectivity index (χ3v) is 7.61. The molecule has 240 valence electrons. The number of hydrogen-bond acceptors (Lipinski definition) is 6. The van der Waals surface area contributed by atoms with Gasteiger partial charge in [0.2, 0.25) is 0 Å². The molecule has 10 nitrogen and oxygen atoms in total. The van der Waals surface area contributed by atoms with Crippen molar-refractivity contribution in [1.82, 2.24) is 14.5 Å². The van der Waals surface area contributed by atoms with E-state index in [9.17, 15) is 4.79 Å². The Labute approximate surface area is 267 Å². The minimum atomic E-state index is -0.529. The van der Waals surface area contributed by atoms with Gasteiger partial charge in [0, 0.05) is 36.3 Å². The van der Waals surface area contributed by atoms with E-state index in [0.29, 0.717) is 72.2 Å². The molecular formula is C33H42ClFN8O2. The first-order valence-corrected chi connectivity index (χ1v) is 15.5. The summed E-state index contributed by atoms with van der Waals surface area (Å²) in [6.45, 7) is 6.99. The highest BCUT2D eigenvalue weighted by molar-refractivity contribution is 6.31. The van der Waals surface area contributed by atoms with Crippen molar-refractivity contribution < 1.29 is 9.13 Å². The normalized spacial score (nSPS) is 13.8. The Hall–Kier alpha value is -4.06. The fourth-order valence-corrected chi connectivity index (χ4v) is 5.23. The molecule has 0 aliphatic rings. The number of hydrogen-bond donors (Lipinski definition) is 4. The van der Waals surface area contributed by atoms with Crippen molar-refractivity contribution >= 4 is 34.3 Å². The van der Waals surface area contributed by atoms with Crippen molar-refractivity contribution in [1.29, 1.82) is 0 Å². The molecule has 1 atom stereocenters. The lowest BCUT2D eigenvalue weighted by molar-refractivity contribution is 0.0328. The van der Waals surface area contributed by atoms with Gasteiger partial charge in [0.05, 0.1) is 40.8 Å². The van der Waals surface area contributed by atoms with Crippen LogP contribution in [0.4, 0.5) is 4.39 Å². The molecule has 0 aliphatic carbocycles. The highest BCUT2D eigenvalue weighted by Crippen LogP contribution is 2.31. The van der Waals surface area contributed by atoms with Crippen molar-refractivity contribution in [3.8, 4) is 16.9 Å². The van der Waals surface area contributed by atoms with Gasteiger partial charge in [0.15, 0.2) is 5.82 Å². The number of nitrogens with one attached hydrogen (secondary N) is 1. The largest absolute Gasteiger partial charge is 0.388 e. The lowest BCUT2D eigenvalue weighted by Gasteiger charge is -2.17. The minimum absolute atomic E-state index is 0.0446. The van der Waals surface area contributed by atoms with Gasteiger partial charge in [0.25, 0.3) is 0 Å². The van der Waals surface area contributed by atoms with E-state index in [0.717, 1.165) is 30.4 Å². The van der Waals surface area contributed by atoms with Crippen LogP contribution in [0.2, 0.25) is 5.02 Å². The molecule has 45 heavy (non-hydrogen) atoms. The maximum atomic E-state index is 15.1. The van der Waals surface area contributed by atoms with Crippen molar-refractivity contribution in [2.45, 2.75) is 71.6 Å². The van der Waals surface area contributed by atoms with Crippen LogP contribution in [0.25, 0.3) is 28.0 Å². The van der Waals surface area contributed by atoms with Crippen LogP contribution < -0.4 is 22.9 Å². The van der Waals surface area contributed by atoms with Gasteiger partial charge in [-0.2, -0.15) is 4.98 Å². The zero-order chi connectivity index (χ0) is 32.5. The van der Waals surface area contributed by atoms with Crippen molar-refractivity contribution in [3.63, 3.8) is 0 Å². The molecule has 0 bridgehead atoms. The molecule has 0 aliphatic heterocycles. The monoisotopic (exact) mass is 636 g/mol. The number of fused-ring (bicyclic) bond motifs is 1. The Morgan fingerprint density at radius 1 is 1.04 bits per heavy atom. The molecule has 0 spiro atoms. The standard InChI is InChI=1S/C33H42ClFN8O2/c1-20(36)5-4-6-24-15-28(31(35)29(34)16-24)30-17-25-18-43(33(44)42-32(25)41-30)26-9-7-23(8-10-26)19-45-27(11-13-39-21(2)37)12-14-40-22(3)38/h7-10,15-18,20,27H,4-6,11-14,19,36H2,1-3H3,(H2,37,39)(H2,38,40)(H,41,42,44)/t20-/m0/s1. The number of ether oxygens (including phenoxy) is 1. The number of aryl methyl sites for hydroxylation is 1. The van der Waals surface area contributed by atoms with Crippen LogP contribution in [0.15, 0.2) is 63.4 Å². The maximum absolute atomic E-state index is 15.1. The van der Waals surface area contributed by atoms with Gasteiger partial charge < -0.3 is 26.9 Å². The van der Waals surface area contributed by atoms with Crippen molar-refractivity contribution in [2.75, 3.05) is 13.1 Å². The van der Waals surface area contributed by atoms with Crippen LogP contribution in [0.1, 0.15) is 57.6 Å². The van der Waals surface area contributed by atoms with Gasteiger partial charge in [-0.25, -0.2) is 9.18 Å². The molecule has 0 saturated carbocycles. The van der Waals surface area contributed by atoms with Gasteiger partial charge >= 0.3 is 5.69 Å². The smallest absolute Gasteiger partial charge is 0.354 e. The van der Waals surface area contributed by atoms with Gasteiger partial charge in [-0.3, -0.25) is 14.6 Å². The first-order chi connectivity index (χ1) is 21.5. The molecule has 4 aromatic rings. The van der Waals surface area contributed by atoms with Crippen LogP contribution >= 0.6 is 11.6 Å². The lowest BCUT2D eigenvalue weighted by atomic mass is 10.0. The summed E-state index contributed by atoms with van der Waals surface area (Å²) >= 11 is 6.25. The zero-order valence-electron chi connectivity index (χ0n) is 26.0. The van der Waals surface area contributed by atoms with Crippen LogP contribution in [-0.4, -0.2) is 51.4 Å². The van der Waals surface area contributed by atoms with Gasteiger partial charge in [-0.05, 0) is 94.3 Å². The number of amidine groups is 2. The summed E-state index contributed by atoms with van der Waals surface area (Å²) in [4.78, 5) is 28.8. The van der Waals surface area contributed by atoms with E-state index in [-0.39, 0.29) is 17.2 Å². The SMILES string of the molecule is CC(N)=NCCC(CCN=C(C)N)OCc1ccc(-n2cc3cc(-c4cc(CCC[C@H](C)N)cc(Cl)c4F)[nH]c3nc2=O)cc1. The molecule has 7 N–H and O–H groups in total. The van der Waals surface area contributed by atoms with E-state index in [1.165, 1.54) is 4.57 Å². The predicted octanol–water partition coefficient (Wildman–Crippen LogP) is 5.26. The van der Waals surface area contributed by atoms with Gasteiger partial charge in [0.1, 0.15) is 5.65 Å². The predicted molar refractivity (Wildman–Crippen MR) is 181 cm³/mol. The molecule has 0 radical (unpaired) electrons. The Morgan fingerprint density at radius 2 is 1.71 bits per heavy atom. The van der Waals surface area contributed by atoms with E-state index in [1.54, 1.807) is 38.2 Å². The highest BCUT2D eigenvalue weighted by atomic mass is 35.5. The van der Waals surface area contributed by atoms with Gasteiger partial charge in [-0.15, -0.1) is 0 Å². The number of nitrogens with two attached hydrogens (primary N) is 3. The van der Waals surface area contributed by atoms with Crippen LogP contribution in [0, 0.1) is 5.82 Å². The summed E-state index contributed by atoms with van der Waals surface area (Å²) in [6.07, 6.45) is 5.49. The number of aliphatic imine (C=N–C) groups is 2. The lowest BCUT2D eigenvalue weighted by Crippen LogP contribution is -2.20. The van der Waals surface area contributed by atoms with Gasteiger partial charge in [-0.1, -0.05) is 23.7 Å². The Bertz CT molecular complexity index is 1680. The van der Waals surface area contributed by atoms with Crippen LogP contribution in [0.3, 0.4) is 0 Å². The molecule has 0 fully saturated rings. The first-order valence-electron chi connectivity index (χ1n) is 15.1. The highest BCUT2D eigenvalue weighted by Gasteiger charge is 2.16. The molecule has 2 aromatic carbocycles. The molecule has 4 rings (SSSR count). The molecule has 12 heteroatoms. The number of nitrogens with zero attached hydrogens (tertiary/aromatic N) is 4. The van der Waals surface area contributed by atoms with E-state index < -0.39 is 11.5 Å². The summed E-state index contributed by atoms with van der Waals surface area (Å²) in [6, 6.07) is 12.8. The molecular weight excluding hydrogens is 595 g/mol. The third kappa shape index (κ3) is 9.71. The number of aromatic nitrogens is 3. The second-order valence-electron chi connectivity index (χ2n) is 11.4. The molecule has 2 heterocycles. The average Bonchev–Trinajstić information content (AvgIpc) is 3.39. The summed E-state index contributed by atoms with van der Waals surface area (Å²) in [7, 11) is 0. The summed E-state index contributed by atoms with van der Waals surface area (Å²) in [5.74, 6) is 0.542. The summed E-state index contributed by atoms with van der Waals surface area (Å²) < 4.78 is 22.7. The third-order valence-electron chi connectivity index (χ3n) is 7.34. The van der Waals surface area contributed by atoms with Crippen molar-refractivity contribution in [2.24, 2.45) is 27.2 Å². The fourth-order valence-electron chi connectivity index (χ4n) is 4.99. The zero-order valence-corrected chi connectivity index (χ0v) is 26.8. The van der Waals surface area contributed by atoms with Crippen LogP contribution in [-0.2, 0) is 17.8 Å². The number of rotatable bonds is 15. The van der Waals surface area contributed by atoms with Crippen LogP contribution in [0.5, 0.6) is 0 Å². The second kappa shape index (κ2) is 15.8. The fraction of sp³-hybridized carbons (Fsp3) is 0.394. The Morgan fingerprint density at radius 3 is 2.33 bits per heavy atom.